The number of hydrogen-bond acceptors (Lipinski definition) is 3. The zero-order valence-electron chi connectivity index (χ0n) is 10.2. The number of terminal acetylenes is 1. The first-order chi connectivity index (χ1) is 8.29. The Morgan fingerprint density at radius 1 is 1.53 bits per heavy atom. The van der Waals surface area contributed by atoms with Crippen LogP contribution in [0.3, 0.4) is 0 Å². The van der Waals surface area contributed by atoms with Crippen LogP contribution in [0.15, 0.2) is 0 Å². The van der Waals surface area contributed by atoms with Gasteiger partial charge in [0.25, 0.3) is 0 Å². The molecule has 3 nitrogen and oxygen atoms in total. The minimum absolute atomic E-state index is 0.217. The van der Waals surface area contributed by atoms with Crippen molar-refractivity contribution >= 4 is 17.7 Å². The summed E-state index contributed by atoms with van der Waals surface area (Å²) in [4.78, 5) is 14.0. The highest BCUT2D eigenvalue weighted by Crippen LogP contribution is 2.29. The van der Waals surface area contributed by atoms with Gasteiger partial charge in [0.15, 0.2) is 0 Å². The number of carbonyl (C=O) groups excluding carboxylic acids is 1. The highest BCUT2D eigenvalue weighted by Gasteiger charge is 2.27. The van der Waals surface area contributed by atoms with Gasteiger partial charge in [-0.25, -0.2) is 0 Å². The lowest BCUT2D eigenvalue weighted by atomic mass is 10.2. The summed E-state index contributed by atoms with van der Waals surface area (Å²) < 4.78 is 0. The minimum atomic E-state index is 0.217. The number of rotatable bonds is 5. The molecule has 0 aromatic heterocycles. The van der Waals surface area contributed by atoms with Crippen molar-refractivity contribution < 1.29 is 4.79 Å². The average Bonchev–Trinajstić information content (AvgIpc) is 3.14. The van der Waals surface area contributed by atoms with E-state index < -0.39 is 0 Å². The van der Waals surface area contributed by atoms with Gasteiger partial charge < -0.3 is 10.2 Å². The Balaban J connectivity index is 1.79. The van der Waals surface area contributed by atoms with Gasteiger partial charge in [0, 0.05) is 37.1 Å². The third kappa shape index (κ3) is 4.25. The van der Waals surface area contributed by atoms with E-state index in [1.165, 1.54) is 12.8 Å². The number of carbonyl (C=O) groups is 1. The van der Waals surface area contributed by atoms with Crippen molar-refractivity contribution in [3.63, 3.8) is 0 Å². The van der Waals surface area contributed by atoms with Crippen LogP contribution >= 0.6 is 11.8 Å². The predicted octanol–water partition coefficient (Wildman–Crippen LogP) is 0.953. The van der Waals surface area contributed by atoms with E-state index in [0.717, 1.165) is 24.6 Å². The molecule has 1 aliphatic carbocycles. The van der Waals surface area contributed by atoms with Crippen LogP contribution in [-0.4, -0.2) is 48.0 Å². The van der Waals surface area contributed by atoms with Gasteiger partial charge in [0.2, 0.25) is 5.91 Å². The molecule has 1 aliphatic heterocycles. The molecule has 1 saturated carbocycles. The standard InChI is InChI=1S/C13H20N2OS/c1-2-6-15(9-11-3-4-11)13(16)8-12-10-17-7-5-14-12/h1,11-12,14H,3-10H2. The van der Waals surface area contributed by atoms with Gasteiger partial charge in [0.1, 0.15) is 0 Å². The number of nitrogens with one attached hydrogen (secondary N) is 1. The van der Waals surface area contributed by atoms with Crippen molar-refractivity contribution in [2.45, 2.75) is 25.3 Å². The number of thioether (sulfide) groups is 1. The molecule has 1 saturated heterocycles. The molecule has 17 heavy (non-hydrogen) atoms. The molecule has 0 bridgehead atoms. The number of nitrogens with zero attached hydrogens (tertiary/aromatic N) is 1. The van der Waals surface area contributed by atoms with E-state index in [-0.39, 0.29) is 5.91 Å². The molecule has 2 rings (SSSR count). The monoisotopic (exact) mass is 252 g/mol. The summed E-state index contributed by atoms with van der Waals surface area (Å²) in [7, 11) is 0. The third-order valence-electron chi connectivity index (χ3n) is 3.23. The van der Waals surface area contributed by atoms with Gasteiger partial charge in [-0.3, -0.25) is 4.79 Å². The zero-order valence-corrected chi connectivity index (χ0v) is 11.0. The summed E-state index contributed by atoms with van der Waals surface area (Å²) in [5, 5.41) is 3.40. The fourth-order valence-electron chi connectivity index (χ4n) is 2.07. The Bertz CT molecular complexity index is 303. The lowest BCUT2D eigenvalue weighted by molar-refractivity contribution is -0.131. The second-order valence-corrected chi connectivity index (χ2v) is 6.00. The normalized spacial score (nSPS) is 24.1. The maximum absolute atomic E-state index is 12.1. The molecular weight excluding hydrogens is 232 g/mol. The summed E-state index contributed by atoms with van der Waals surface area (Å²) in [5.41, 5.74) is 0. The second kappa shape index (κ2) is 6.32. The SMILES string of the molecule is C#CCN(CC1CC1)C(=O)CC1CSCCN1. The van der Waals surface area contributed by atoms with Crippen molar-refractivity contribution in [2.75, 3.05) is 31.1 Å². The van der Waals surface area contributed by atoms with Crippen LogP contribution in [0.25, 0.3) is 0 Å². The van der Waals surface area contributed by atoms with E-state index in [2.05, 4.69) is 11.2 Å². The molecule has 1 unspecified atom stereocenters. The Morgan fingerprint density at radius 2 is 2.35 bits per heavy atom. The quantitative estimate of drug-likeness (QED) is 0.740. The van der Waals surface area contributed by atoms with Gasteiger partial charge in [0.05, 0.1) is 6.54 Å². The largest absolute Gasteiger partial charge is 0.331 e. The first kappa shape index (κ1) is 12.8. The lowest BCUT2D eigenvalue weighted by Crippen LogP contribution is -2.43. The molecule has 94 valence electrons. The highest BCUT2D eigenvalue weighted by atomic mass is 32.2. The zero-order chi connectivity index (χ0) is 12.1. The van der Waals surface area contributed by atoms with Crippen molar-refractivity contribution in [1.29, 1.82) is 0 Å². The van der Waals surface area contributed by atoms with Crippen molar-refractivity contribution in [1.82, 2.24) is 10.2 Å². The molecule has 0 spiro atoms. The Labute approximate surface area is 108 Å². The Morgan fingerprint density at radius 3 is 2.94 bits per heavy atom. The average molecular weight is 252 g/mol. The van der Waals surface area contributed by atoms with Crippen LogP contribution in [0.5, 0.6) is 0 Å². The Hall–Kier alpha value is -0.660. The molecule has 0 radical (unpaired) electrons. The number of hydrogen-bond donors (Lipinski definition) is 1. The first-order valence-corrected chi connectivity index (χ1v) is 7.47. The second-order valence-electron chi connectivity index (χ2n) is 4.85. The van der Waals surface area contributed by atoms with Crippen LogP contribution in [0, 0.1) is 18.3 Å². The first-order valence-electron chi connectivity index (χ1n) is 6.32. The molecule has 2 fully saturated rings. The van der Waals surface area contributed by atoms with Gasteiger partial charge >= 0.3 is 0 Å². The molecule has 1 heterocycles. The van der Waals surface area contributed by atoms with Crippen molar-refractivity contribution in [3.8, 4) is 12.3 Å². The van der Waals surface area contributed by atoms with Crippen molar-refractivity contribution in [2.24, 2.45) is 5.92 Å². The molecule has 0 aromatic carbocycles. The fraction of sp³-hybridized carbons (Fsp3) is 0.769. The van der Waals surface area contributed by atoms with E-state index in [9.17, 15) is 4.79 Å². The summed E-state index contributed by atoms with van der Waals surface area (Å²) in [5.74, 6) is 5.72. The van der Waals surface area contributed by atoms with Crippen molar-refractivity contribution in [3.05, 3.63) is 0 Å². The topological polar surface area (TPSA) is 32.3 Å². The van der Waals surface area contributed by atoms with Crippen LogP contribution < -0.4 is 5.32 Å². The molecular formula is C13H20N2OS. The molecule has 2 aliphatic rings. The van der Waals surface area contributed by atoms with Gasteiger partial charge in [-0.15, -0.1) is 6.42 Å². The summed E-state index contributed by atoms with van der Waals surface area (Å²) in [6, 6.07) is 0.334. The van der Waals surface area contributed by atoms with E-state index in [4.69, 9.17) is 6.42 Å². The van der Waals surface area contributed by atoms with E-state index in [0.29, 0.717) is 24.9 Å². The van der Waals surface area contributed by atoms with Gasteiger partial charge in [-0.1, -0.05) is 5.92 Å². The Kier molecular flexibility index (Phi) is 4.75. The van der Waals surface area contributed by atoms with Gasteiger partial charge in [-0.05, 0) is 18.8 Å². The summed E-state index contributed by atoms with van der Waals surface area (Å²) in [6.45, 7) is 2.35. The molecule has 1 atom stereocenters. The van der Waals surface area contributed by atoms with Crippen LogP contribution in [0.2, 0.25) is 0 Å². The molecule has 4 heteroatoms. The van der Waals surface area contributed by atoms with Gasteiger partial charge in [-0.2, -0.15) is 11.8 Å². The van der Waals surface area contributed by atoms with Crippen LogP contribution in [0.1, 0.15) is 19.3 Å². The smallest absolute Gasteiger partial charge is 0.224 e. The molecule has 0 aromatic rings. The fourth-order valence-corrected chi connectivity index (χ4v) is 3.02. The maximum atomic E-state index is 12.1. The highest BCUT2D eigenvalue weighted by molar-refractivity contribution is 7.99. The van der Waals surface area contributed by atoms with Crippen LogP contribution in [-0.2, 0) is 4.79 Å². The third-order valence-corrected chi connectivity index (χ3v) is 4.36. The van der Waals surface area contributed by atoms with Crippen LogP contribution in [0.4, 0.5) is 0 Å². The summed E-state index contributed by atoms with van der Waals surface area (Å²) >= 11 is 1.92. The maximum Gasteiger partial charge on any atom is 0.224 e. The molecule has 1 N–H and O–H groups in total. The lowest BCUT2D eigenvalue weighted by Gasteiger charge is -2.26. The van der Waals surface area contributed by atoms with E-state index in [1.807, 2.05) is 16.7 Å². The number of amides is 1. The predicted molar refractivity (Wildman–Crippen MR) is 71.9 cm³/mol. The van der Waals surface area contributed by atoms with E-state index in [1.54, 1.807) is 0 Å². The summed E-state index contributed by atoms with van der Waals surface area (Å²) in [6.07, 6.45) is 8.44. The minimum Gasteiger partial charge on any atom is -0.331 e. The molecule has 1 amide bonds. The van der Waals surface area contributed by atoms with E-state index >= 15 is 0 Å².